The minimum Gasteiger partial charge on any atom is -0.283 e. The highest BCUT2D eigenvalue weighted by molar-refractivity contribution is 6.71. The van der Waals surface area contributed by atoms with E-state index >= 15 is 0 Å². The summed E-state index contributed by atoms with van der Waals surface area (Å²) >= 11 is 16.1. The van der Waals surface area contributed by atoms with Crippen molar-refractivity contribution in [3.8, 4) is 0 Å². The first kappa shape index (κ1) is 8.07. The first-order chi connectivity index (χ1) is 4.61. The van der Waals surface area contributed by atoms with Crippen LogP contribution in [0, 0.1) is 0 Å². The number of alkyl halides is 1. The minimum atomic E-state index is -0.988. The van der Waals surface area contributed by atoms with E-state index in [1.165, 1.54) is 0 Å². The number of halogens is 3. The molecule has 7 heteroatoms. The Hall–Kier alpha value is -0.0300. The van der Waals surface area contributed by atoms with Gasteiger partial charge in [0.15, 0.2) is 0 Å². The number of hydrogen-bond donors (Lipinski definition) is 1. The molecule has 0 radical (unpaired) electrons. The highest BCUT2D eigenvalue weighted by Crippen LogP contribution is 2.13. The third-order valence-electron chi connectivity index (χ3n) is 0.788. The fourth-order valence-electron chi connectivity index (χ4n) is 0.387. The number of rotatable bonds is 0. The fraction of sp³-hybridized carbons (Fsp3) is 0.333. The van der Waals surface area contributed by atoms with Crippen LogP contribution >= 0.6 is 34.8 Å². The van der Waals surface area contributed by atoms with Crippen LogP contribution in [0.3, 0.4) is 0 Å². The Morgan fingerprint density at radius 1 is 1.50 bits per heavy atom. The number of hydrogen-bond acceptors (Lipinski definition) is 4. The molecule has 0 saturated carbocycles. The summed E-state index contributed by atoms with van der Waals surface area (Å²) in [6.45, 7) is 0. The Kier molecular flexibility index (Phi) is 2.36. The van der Waals surface area contributed by atoms with E-state index in [-0.39, 0.29) is 10.6 Å². The van der Waals surface area contributed by atoms with Crippen molar-refractivity contribution >= 4 is 45.4 Å². The Morgan fingerprint density at radius 2 is 2.10 bits per heavy atom. The lowest BCUT2D eigenvalue weighted by Crippen LogP contribution is -2.33. The van der Waals surface area contributed by atoms with Crippen LogP contribution in [0.25, 0.3) is 0 Å². The standard InChI is InChI=1S/C3H2Cl3N3O/c4-1-7-2(5)9(10)3(6)8-1/h2,10H. The molecule has 56 valence electrons. The number of nitrogens with zero attached hydrogens (tertiary/aromatic N) is 3. The molecule has 0 fully saturated rings. The van der Waals surface area contributed by atoms with Gasteiger partial charge in [0.1, 0.15) is 0 Å². The van der Waals surface area contributed by atoms with E-state index in [1.54, 1.807) is 0 Å². The van der Waals surface area contributed by atoms with Crippen molar-refractivity contribution in [3.63, 3.8) is 0 Å². The number of aliphatic imine (C=N–C) groups is 2. The molecule has 1 heterocycles. The summed E-state index contributed by atoms with van der Waals surface area (Å²) in [6, 6.07) is 0. The second-order valence-electron chi connectivity index (χ2n) is 1.43. The van der Waals surface area contributed by atoms with Crippen molar-refractivity contribution < 1.29 is 5.21 Å². The molecule has 1 unspecified atom stereocenters. The lowest BCUT2D eigenvalue weighted by atomic mass is 10.9. The lowest BCUT2D eigenvalue weighted by Gasteiger charge is -2.19. The van der Waals surface area contributed by atoms with Crippen molar-refractivity contribution in [1.29, 1.82) is 0 Å². The van der Waals surface area contributed by atoms with Gasteiger partial charge in [0.25, 0.3) is 0 Å². The highest BCUT2D eigenvalue weighted by atomic mass is 35.5. The second-order valence-corrected chi connectivity index (χ2v) is 2.50. The monoisotopic (exact) mass is 201 g/mol. The van der Waals surface area contributed by atoms with Gasteiger partial charge in [0.2, 0.25) is 16.2 Å². The van der Waals surface area contributed by atoms with Gasteiger partial charge in [-0.1, -0.05) is 11.6 Å². The van der Waals surface area contributed by atoms with Gasteiger partial charge < -0.3 is 0 Å². The molecule has 10 heavy (non-hydrogen) atoms. The van der Waals surface area contributed by atoms with Gasteiger partial charge in [-0.25, -0.2) is 4.99 Å². The Morgan fingerprint density at radius 3 is 2.60 bits per heavy atom. The second kappa shape index (κ2) is 2.92. The molecule has 0 aromatic heterocycles. The van der Waals surface area contributed by atoms with Crippen molar-refractivity contribution in [1.82, 2.24) is 5.06 Å². The van der Waals surface area contributed by atoms with Gasteiger partial charge in [-0.3, -0.25) is 5.21 Å². The number of hydroxylamine groups is 2. The smallest absolute Gasteiger partial charge is 0.228 e. The summed E-state index contributed by atoms with van der Waals surface area (Å²) in [7, 11) is 0. The maximum absolute atomic E-state index is 8.84. The van der Waals surface area contributed by atoms with Gasteiger partial charge in [-0.2, -0.15) is 10.1 Å². The molecule has 0 aromatic carbocycles. The van der Waals surface area contributed by atoms with Crippen LogP contribution in [0.2, 0.25) is 0 Å². The highest BCUT2D eigenvalue weighted by Gasteiger charge is 2.20. The van der Waals surface area contributed by atoms with Crippen molar-refractivity contribution in [2.45, 2.75) is 5.62 Å². The molecule has 1 N–H and O–H groups in total. The third-order valence-corrected chi connectivity index (χ3v) is 1.51. The van der Waals surface area contributed by atoms with E-state index in [1.807, 2.05) is 0 Å². The van der Waals surface area contributed by atoms with Gasteiger partial charge in [0, 0.05) is 0 Å². The van der Waals surface area contributed by atoms with Crippen LogP contribution in [0.15, 0.2) is 9.98 Å². The molecule has 0 spiro atoms. The van der Waals surface area contributed by atoms with Gasteiger partial charge >= 0.3 is 0 Å². The van der Waals surface area contributed by atoms with Crippen LogP contribution < -0.4 is 0 Å². The SMILES string of the molecule is ON1C(Cl)=NC(Cl)=NC1Cl. The van der Waals surface area contributed by atoms with Gasteiger partial charge in [0.05, 0.1) is 0 Å². The topological polar surface area (TPSA) is 48.2 Å². The summed E-state index contributed by atoms with van der Waals surface area (Å²) in [5.74, 6) is 0. The van der Waals surface area contributed by atoms with E-state index in [0.717, 1.165) is 0 Å². The van der Waals surface area contributed by atoms with E-state index in [0.29, 0.717) is 5.06 Å². The van der Waals surface area contributed by atoms with E-state index in [9.17, 15) is 0 Å². The third kappa shape index (κ3) is 1.52. The average Bonchev–Trinajstić information content (AvgIpc) is 1.82. The quantitative estimate of drug-likeness (QED) is 0.477. The van der Waals surface area contributed by atoms with Crippen LogP contribution in [0.4, 0.5) is 0 Å². The Labute approximate surface area is 71.7 Å². The summed E-state index contributed by atoms with van der Waals surface area (Å²) < 4.78 is 0. The van der Waals surface area contributed by atoms with Crippen LogP contribution in [-0.4, -0.2) is 26.5 Å². The predicted molar refractivity (Wildman–Crippen MR) is 39.8 cm³/mol. The predicted octanol–water partition coefficient (Wildman–Crippen LogP) is 1.40. The van der Waals surface area contributed by atoms with Crippen LogP contribution in [0.5, 0.6) is 0 Å². The molecular formula is C3H2Cl3N3O. The molecule has 0 saturated heterocycles. The average molecular weight is 202 g/mol. The molecule has 0 amide bonds. The molecule has 4 nitrogen and oxygen atoms in total. The molecule has 1 atom stereocenters. The molecule has 0 bridgehead atoms. The summed E-state index contributed by atoms with van der Waals surface area (Å²) in [5, 5.41) is 9.06. The van der Waals surface area contributed by atoms with Crippen molar-refractivity contribution in [2.75, 3.05) is 0 Å². The zero-order valence-electron chi connectivity index (χ0n) is 4.50. The first-order valence-corrected chi connectivity index (χ1v) is 3.40. The van der Waals surface area contributed by atoms with Crippen LogP contribution in [-0.2, 0) is 0 Å². The molecule has 1 aliphatic heterocycles. The summed E-state index contributed by atoms with van der Waals surface area (Å²) in [4.78, 5) is 6.87. The maximum Gasteiger partial charge on any atom is 0.228 e. The Balaban J connectivity index is 2.85. The molecule has 1 aliphatic rings. The first-order valence-electron chi connectivity index (χ1n) is 2.21. The van der Waals surface area contributed by atoms with E-state index < -0.39 is 5.62 Å². The molecular weight excluding hydrogens is 200 g/mol. The van der Waals surface area contributed by atoms with Gasteiger partial charge in [-0.05, 0) is 23.2 Å². The van der Waals surface area contributed by atoms with E-state index in [4.69, 9.17) is 40.0 Å². The summed E-state index contributed by atoms with van der Waals surface area (Å²) in [6.07, 6.45) is 0. The largest absolute Gasteiger partial charge is 0.283 e. The lowest BCUT2D eigenvalue weighted by molar-refractivity contribution is -0.0233. The maximum atomic E-state index is 8.84. The molecule has 1 rings (SSSR count). The molecule has 0 aliphatic carbocycles. The van der Waals surface area contributed by atoms with Crippen molar-refractivity contribution in [3.05, 3.63) is 0 Å². The number of amidine groups is 2. The zero-order chi connectivity index (χ0) is 7.72. The fourth-order valence-corrected chi connectivity index (χ4v) is 1.06. The van der Waals surface area contributed by atoms with Crippen molar-refractivity contribution in [2.24, 2.45) is 9.98 Å². The molecule has 0 aromatic rings. The normalized spacial score (nSPS) is 26.0. The summed E-state index contributed by atoms with van der Waals surface area (Å²) in [5.41, 5.74) is -0.988. The minimum absolute atomic E-state index is 0.0738. The van der Waals surface area contributed by atoms with Gasteiger partial charge in [-0.15, -0.1) is 0 Å². The van der Waals surface area contributed by atoms with E-state index in [2.05, 4.69) is 9.98 Å². The Bertz CT molecular complexity index is 203. The van der Waals surface area contributed by atoms with Crippen LogP contribution in [0.1, 0.15) is 0 Å². The zero-order valence-corrected chi connectivity index (χ0v) is 6.77.